The maximum Gasteiger partial charge on any atom is 0.407 e. The summed E-state index contributed by atoms with van der Waals surface area (Å²) in [6.45, 7) is 5.93. The molecule has 8 heteroatoms. The summed E-state index contributed by atoms with van der Waals surface area (Å²) in [5.41, 5.74) is 1.01. The summed E-state index contributed by atoms with van der Waals surface area (Å²) in [5, 5.41) is 9.61. The highest BCUT2D eigenvalue weighted by Gasteiger charge is 2.21. The van der Waals surface area contributed by atoms with Crippen molar-refractivity contribution >= 4 is 12.0 Å². The number of hydrogen-bond acceptors (Lipinski definition) is 4. The molecule has 0 atom stereocenters. The van der Waals surface area contributed by atoms with Crippen molar-refractivity contribution in [3.05, 3.63) is 29.4 Å². The van der Waals surface area contributed by atoms with Crippen LogP contribution >= 0.6 is 0 Å². The lowest BCUT2D eigenvalue weighted by molar-refractivity contribution is 0.0946. The Kier molecular flexibility index (Phi) is 5.02. The van der Waals surface area contributed by atoms with E-state index in [1.807, 2.05) is 20.8 Å². The second-order valence-corrected chi connectivity index (χ2v) is 6.41. The number of aromatic nitrogens is 2. The molecule has 126 valence electrons. The first-order valence-electron chi connectivity index (χ1n) is 7.36. The number of ether oxygens (including phenoxy) is 1. The summed E-state index contributed by atoms with van der Waals surface area (Å²) in [6.07, 6.45) is 2.00. The number of halogens is 1. The van der Waals surface area contributed by atoms with Crippen molar-refractivity contribution in [1.82, 2.24) is 20.4 Å². The molecule has 7 nitrogen and oxygen atoms in total. The largest absolute Gasteiger partial charge is 0.445 e. The average Bonchev–Trinajstić information content (AvgIpc) is 2.85. The van der Waals surface area contributed by atoms with Crippen molar-refractivity contribution < 1.29 is 18.7 Å². The molecular formula is C15H21FN4O3. The number of hydrogen-bond donors (Lipinski definition) is 2. The van der Waals surface area contributed by atoms with E-state index in [4.69, 9.17) is 4.74 Å². The molecular weight excluding hydrogens is 303 g/mol. The van der Waals surface area contributed by atoms with E-state index in [1.54, 1.807) is 6.20 Å². The lowest BCUT2D eigenvalue weighted by atomic mass is 10.1. The van der Waals surface area contributed by atoms with Crippen LogP contribution in [0.1, 0.15) is 36.8 Å². The van der Waals surface area contributed by atoms with Gasteiger partial charge in [0.25, 0.3) is 5.91 Å². The molecule has 0 saturated carbocycles. The zero-order valence-electron chi connectivity index (χ0n) is 13.5. The average molecular weight is 324 g/mol. The van der Waals surface area contributed by atoms with Crippen LogP contribution in [-0.2, 0) is 17.7 Å². The third-order valence-corrected chi connectivity index (χ3v) is 3.12. The highest BCUT2D eigenvalue weighted by molar-refractivity contribution is 5.96. The van der Waals surface area contributed by atoms with Gasteiger partial charge >= 0.3 is 6.09 Å². The van der Waals surface area contributed by atoms with Crippen LogP contribution in [-0.4, -0.2) is 40.5 Å². The summed E-state index contributed by atoms with van der Waals surface area (Å²) >= 11 is 0. The molecule has 0 saturated heterocycles. The first-order valence-corrected chi connectivity index (χ1v) is 7.36. The van der Waals surface area contributed by atoms with Crippen LogP contribution in [0.15, 0.2) is 18.1 Å². The van der Waals surface area contributed by atoms with Gasteiger partial charge < -0.3 is 15.4 Å². The molecule has 2 heterocycles. The molecule has 0 unspecified atom stereocenters. The van der Waals surface area contributed by atoms with Gasteiger partial charge in [-0.15, -0.1) is 0 Å². The van der Waals surface area contributed by atoms with Gasteiger partial charge in [-0.3, -0.25) is 9.48 Å². The summed E-state index contributed by atoms with van der Waals surface area (Å²) in [7, 11) is 0. The van der Waals surface area contributed by atoms with Crippen molar-refractivity contribution in [1.29, 1.82) is 0 Å². The Morgan fingerprint density at radius 3 is 2.91 bits per heavy atom. The smallest absolute Gasteiger partial charge is 0.407 e. The molecule has 0 aromatic carbocycles. The Hall–Kier alpha value is -2.38. The number of carbonyl (C=O) groups is 2. The van der Waals surface area contributed by atoms with Gasteiger partial charge in [-0.05, 0) is 20.8 Å². The second-order valence-electron chi connectivity index (χ2n) is 6.41. The van der Waals surface area contributed by atoms with Crippen LogP contribution in [0, 0.1) is 0 Å². The molecule has 1 aromatic rings. The van der Waals surface area contributed by atoms with Gasteiger partial charge in [0, 0.05) is 30.3 Å². The van der Waals surface area contributed by atoms with Crippen molar-refractivity contribution in [3.63, 3.8) is 0 Å². The van der Waals surface area contributed by atoms with Gasteiger partial charge in [-0.1, -0.05) is 0 Å². The number of fused-ring (bicyclic) bond motifs is 1. The van der Waals surface area contributed by atoms with Gasteiger partial charge in [-0.2, -0.15) is 5.10 Å². The third-order valence-electron chi connectivity index (χ3n) is 3.12. The molecule has 2 amide bonds. The Labute approximate surface area is 133 Å². The van der Waals surface area contributed by atoms with E-state index >= 15 is 0 Å². The Morgan fingerprint density at radius 2 is 2.30 bits per heavy atom. The Morgan fingerprint density at radius 1 is 1.57 bits per heavy atom. The van der Waals surface area contributed by atoms with Crippen molar-refractivity contribution in [2.45, 2.75) is 39.3 Å². The van der Waals surface area contributed by atoms with E-state index in [0.717, 1.165) is 0 Å². The fraction of sp³-hybridized carbons (Fsp3) is 0.533. The van der Waals surface area contributed by atoms with Crippen LogP contribution in [0.3, 0.4) is 0 Å². The van der Waals surface area contributed by atoms with Gasteiger partial charge in [0.1, 0.15) is 6.61 Å². The van der Waals surface area contributed by atoms with Gasteiger partial charge in [0.2, 0.25) is 0 Å². The van der Waals surface area contributed by atoms with E-state index in [1.165, 1.54) is 4.68 Å². The first kappa shape index (κ1) is 17.0. The van der Waals surface area contributed by atoms with E-state index in [9.17, 15) is 14.0 Å². The zero-order valence-corrected chi connectivity index (χ0v) is 13.5. The lowest BCUT2D eigenvalue weighted by Crippen LogP contribution is -2.41. The molecule has 2 N–H and O–H groups in total. The zero-order chi connectivity index (χ0) is 17.0. The molecule has 0 spiro atoms. The number of alkyl carbamates (subject to hydrolysis) is 1. The van der Waals surface area contributed by atoms with Crippen molar-refractivity contribution in [2.24, 2.45) is 0 Å². The predicted octanol–water partition coefficient (Wildman–Crippen LogP) is 1.55. The molecule has 0 radical (unpaired) electrons. The topological polar surface area (TPSA) is 85.2 Å². The SMILES string of the molecule is CC(C)(C)NC(=O)OC/C(=C/F)Cn1cc2c(n1)CCNC2=O. The fourth-order valence-electron chi connectivity index (χ4n) is 2.13. The molecule has 0 fully saturated rings. The minimum atomic E-state index is -0.615. The van der Waals surface area contributed by atoms with E-state index in [2.05, 4.69) is 15.7 Å². The van der Waals surface area contributed by atoms with Gasteiger partial charge in [0.05, 0.1) is 24.1 Å². The van der Waals surface area contributed by atoms with Crippen LogP contribution in [0.4, 0.5) is 9.18 Å². The van der Waals surface area contributed by atoms with Crippen LogP contribution in [0.5, 0.6) is 0 Å². The van der Waals surface area contributed by atoms with Crippen LogP contribution in [0.2, 0.25) is 0 Å². The molecule has 1 aromatic heterocycles. The lowest BCUT2D eigenvalue weighted by Gasteiger charge is -2.20. The molecule has 2 rings (SSSR count). The van der Waals surface area contributed by atoms with Crippen LogP contribution in [0.25, 0.3) is 0 Å². The minimum absolute atomic E-state index is 0.111. The summed E-state index contributed by atoms with van der Waals surface area (Å²) in [5.74, 6) is -0.177. The molecule has 0 aliphatic carbocycles. The maximum absolute atomic E-state index is 13.0. The van der Waals surface area contributed by atoms with Gasteiger partial charge in [0.15, 0.2) is 0 Å². The van der Waals surface area contributed by atoms with E-state index in [0.29, 0.717) is 30.6 Å². The summed E-state index contributed by atoms with van der Waals surface area (Å²) in [6, 6.07) is 0. The molecule has 0 bridgehead atoms. The van der Waals surface area contributed by atoms with Crippen molar-refractivity contribution in [2.75, 3.05) is 13.2 Å². The number of rotatable bonds is 4. The minimum Gasteiger partial charge on any atom is -0.445 e. The highest BCUT2D eigenvalue weighted by Crippen LogP contribution is 2.13. The number of amides is 2. The molecule has 1 aliphatic heterocycles. The highest BCUT2D eigenvalue weighted by atomic mass is 19.1. The van der Waals surface area contributed by atoms with E-state index in [-0.39, 0.29) is 24.6 Å². The fourth-order valence-corrected chi connectivity index (χ4v) is 2.13. The van der Waals surface area contributed by atoms with E-state index < -0.39 is 11.6 Å². The third kappa shape index (κ3) is 4.80. The van der Waals surface area contributed by atoms with Gasteiger partial charge in [-0.25, -0.2) is 9.18 Å². The first-order chi connectivity index (χ1) is 10.8. The van der Waals surface area contributed by atoms with Crippen molar-refractivity contribution in [3.8, 4) is 0 Å². The summed E-state index contributed by atoms with van der Waals surface area (Å²) < 4.78 is 19.5. The Balaban J connectivity index is 1.93. The molecule has 23 heavy (non-hydrogen) atoms. The second kappa shape index (κ2) is 6.80. The van der Waals surface area contributed by atoms with Crippen LogP contribution < -0.4 is 10.6 Å². The predicted molar refractivity (Wildman–Crippen MR) is 81.7 cm³/mol. The normalized spacial score (nSPS) is 15.0. The quantitative estimate of drug-likeness (QED) is 0.880. The summed E-state index contributed by atoms with van der Waals surface area (Å²) in [4.78, 5) is 23.2. The number of nitrogens with one attached hydrogen (secondary N) is 2. The number of nitrogens with zero attached hydrogens (tertiary/aromatic N) is 2. The number of carbonyl (C=O) groups excluding carboxylic acids is 2. The Bertz CT molecular complexity index is 631. The molecule has 1 aliphatic rings. The monoisotopic (exact) mass is 324 g/mol. The maximum atomic E-state index is 13.0. The standard InChI is InChI=1S/C15H21FN4O3/c1-15(2,3)18-14(22)23-9-10(6-16)7-20-8-11-12(19-20)4-5-17-13(11)21/h6,8H,4-5,7,9H2,1-3H3,(H,17,21)(H,18,22)/b10-6+.